The minimum absolute atomic E-state index is 0.0444. The van der Waals surface area contributed by atoms with Crippen LogP contribution in [0.15, 0.2) is 79.1 Å². The summed E-state index contributed by atoms with van der Waals surface area (Å²) >= 11 is 0. The van der Waals surface area contributed by atoms with Crippen molar-refractivity contribution in [2.24, 2.45) is 5.41 Å². The molecule has 0 aliphatic heterocycles. The predicted molar refractivity (Wildman–Crippen MR) is 190 cm³/mol. The number of rotatable bonds is 18. The van der Waals surface area contributed by atoms with Crippen LogP contribution in [0.5, 0.6) is 0 Å². The minimum Gasteiger partial charge on any atom is -0.392 e. The van der Waals surface area contributed by atoms with E-state index in [9.17, 15) is 29.5 Å². The Morgan fingerprint density at radius 1 is 0.780 bits per heavy atom. The predicted octanol–water partition coefficient (Wildman–Crippen LogP) is 2.55. The van der Waals surface area contributed by atoms with E-state index in [0.29, 0.717) is 38.8 Å². The molecule has 2 unspecified atom stereocenters. The summed E-state index contributed by atoms with van der Waals surface area (Å²) in [6, 6.07) is 17.2. The van der Waals surface area contributed by atoms with Crippen molar-refractivity contribution in [3.63, 3.8) is 0 Å². The molecule has 3 aromatic rings. The van der Waals surface area contributed by atoms with Crippen LogP contribution in [0.4, 0.5) is 0 Å². The van der Waals surface area contributed by atoms with Gasteiger partial charge < -0.3 is 31.7 Å². The van der Waals surface area contributed by atoms with Crippen molar-refractivity contribution in [3.05, 3.63) is 101 Å². The number of aliphatic hydroxyl groups is 1. The van der Waals surface area contributed by atoms with Gasteiger partial charge in [0.25, 0.3) is 5.91 Å². The van der Waals surface area contributed by atoms with Crippen LogP contribution in [0.2, 0.25) is 0 Å². The van der Waals surface area contributed by atoms with Crippen LogP contribution in [-0.4, -0.2) is 64.7 Å². The molecule has 50 heavy (non-hydrogen) atoms. The lowest BCUT2D eigenvalue weighted by atomic mass is 9.87. The average molecular weight is 690 g/mol. The fourth-order valence-electron chi connectivity index (χ4n) is 5.35. The van der Waals surface area contributed by atoms with E-state index in [-0.39, 0.29) is 29.4 Å². The number of aliphatic hydroxyl groups excluding tert-OH is 1. The number of pyridine rings is 1. The number of hydrogen-bond acceptors (Lipinski definition) is 7. The topological polar surface area (TPSA) is 173 Å². The Kier molecular flexibility index (Phi) is 15.4. The number of nitrogens with zero attached hydrogens (tertiary/aromatic N) is 1. The summed E-state index contributed by atoms with van der Waals surface area (Å²) in [4.78, 5) is 53.4. The Hall–Kier alpha value is -4.81. The summed E-state index contributed by atoms with van der Waals surface area (Å²) in [5.41, 5.74) is 2.66. The highest BCUT2D eigenvalue weighted by atomic mass is 16.5. The van der Waals surface area contributed by atoms with Gasteiger partial charge in [0.15, 0.2) is 0 Å². The second-order valence-corrected chi connectivity index (χ2v) is 13.8. The molecular weight excluding hydrogens is 636 g/mol. The van der Waals surface area contributed by atoms with Gasteiger partial charge in [0.05, 0.1) is 18.2 Å². The number of carbonyl (C=O) groups excluding carboxylic acids is 4. The van der Waals surface area contributed by atoms with Crippen LogP contribution in [0.1, 0.15) is 80.9 Å². The lowest BCUT2D eigenvalue weighted by Gasteiger charge is -2.29. The van der Waals surface area contributed by atoms with Gasteiger partial charge in [0, 0.05) is 36.0 Å². The molecule has 0 fully saturated rings. The van der Waals surface area contributed by atoms with Crippen molar-refractivity contribution >= 4 is 23.6 Å². The van der Waals surface area contributed by atoms with E-state index in [1.807, 2.05) is 82.3 Å². The molecule has 0 radical (unpaired) electrons. The van der Waals surface area contributed by atoms with E-state index in [1.165, 1.54) is 24.5 Å². The smallest absolute Gasteiger partial charge is 0.252 e. The first-order chi connectivity index (χ1) is 23.8. The molecule has 0 saturated heterocycles. The van der Waals surface area contributed by atoms with Crippen LogP contribution in [0, 0.1) is 5.41 Å². The lowest BCUT2D eigenvalue weighted by molar-refractivity contribution is -0.904. The van der Waals surface area contributed by atoms with E-state index in [0.717, 1.165) is 21.4 Å². The molecule has 0 saturated carbocycles. The molecule has 7 N–H and O–H groups in total. The molecule has 0 spiro atoms. The summed E-state index contributed by atoms with van der Waals surface area (Å²) in [7, 11) is 0. The first-order valence-corrected chi connectivity index (χ1v) is 17.1. The zero-order valence-corrected chi connectivity index (χ0v) is 29.7. The number of aromatic nitrogens is 1. The van der Waals surface area contributed by atoms with Crippen molar-refractivity contribution in [1.29, 1.82) is 0 Å². The highest BCUT2D eigenvalue weighted by Gasteiger charge is 2.31. The van der Waals surface area contributed by atoms with Gasteiger partial charge in [-0.25, -0.2) is 0 Å². The summed E-state index contributed by atoms with van der Waals surface area (Å²) in [5, 5.41) is 33.7. The van der Waals surface area contributed by atoms with Crippen LogP contribution in [-0.2, 0) is 34.0 Å². The van der Waals surface area contributed by atoms with E-state index in [2.05, 4.69) is 26.6 Å². The first kappa shape index (κ1) is 39.6. The Labute approximate surface area is 295 Å². The molecule has 1 heterocycles. The van der Waals surface area contributed by atoms with Crippen LogP contribution < -0.4 is 31.3 Å². The van der Waals surface area contributed by atoms with E-state index < -0.39 is 36.0 Å². The number of benzene rings is 2. The van der Waals surface area contributed by atoms with Crippen molar-refractivity contribution in [2.75, 3.05) is 6.54 Å². The fraction of sp³-hybridized carbons (Fsp3) is 0.447. The maximum absolute atomic E-state index is 13.8. The SMILES string of the molecule is CCC[C@H](NC(=O)C(CC(C)(C)C)NC(=O)c1cc[n+](O)cc1)C(=O)NC(CN[C@@H](C)C(=O)NCc1ccc(CO)cc1)Cc1ccccc1. The highest BCUT2D eigenvalue weighted by Crippen LogP contribution is 2.21. The second-order valence-electron chi connectivity index (χ2n) is 13.8. The molecule has 0 aliphatic carbocycles. The molecule has 12 nitrogen and oxygen atoms in total. The maximum Gasteiger partial charge on any atom is 0.252 e. The Morgan fingerprint density at radius 3 is 2.00 bits per heavy atom. The fourth-order valence-corrected chi connectivity index (χ4v) is 5.35. The molecular formula is C38H53N6O6+. The van der Waals surface area contributed by atoms with Crippen molar-refractivity contribution in [1.82, 2.24) is 26.6 Å². The van der Waals surface area contributed by atoms with Gasteiger partial charge in [-0.2, -0.15) is 0 Å². The summed E-state index contributed by atoms with van der Waals surface area (Å²) in [5.74, 6) is -1.50. The van der Waals surface area contributed by atoms with Gasteiger partial charge in [-0.3, -0.25) is 24.4 Å². The molecule has 4 amide bonds. The zero-order valence-electron chi connectivity index (χ0n) is 29.7. The van der Waals surface area contributed by atoms with E-state index in [1.54, 1.807) is 6.92 Å². The molecule has 12 heteroatoms. The van der Waals surface area contributed by atoms with Crippen molar-refractivity contribution in [2.45, 2.75) is 97.6 Å². The van der Waals surface area contributed by atoms with Crippen LogP contribution in [0.3, 0.4) is 0 Å². The maximum atomic E-state index is 13.8. The van der Waals surface area contributed by atoms with E-state index in [4.69, 9.17) is 0 Å². The van der Waals surface area contributed by atoms with Gasteiger partial charge in [-0.15, -0.1) is 0 Å². The molecule has 0 bridgehead atoms. The average Bonchev–Trinajstić information content (AvgIpc) is 3.09. The number of hydrogen-bond donors (Lipinski definition) is 7. The highest BCUT2D eigenvalue weighted by molar-refractivity contribution is 5.98. The number of carbonyl (C=O) groups is 4. The van der Waals surface area contributed by atoms with Gasteiger partial charge in [-0.1, -0.05) is 88.7 Å². The number of nitrogens with one attached hydrogen (secondary N) is 5. The molecule has 270 valence electrons. The third kappa shape index (κ3) is 13.6. The molecule has 4 atom stereocenters. The lowest BCUT2D eigenvalue weighted by Crippen LogP contribution is -2.57. The number of amides is 4. The van der Waals surface area contributed by atoms with Gasteiger partial charge in [-0.05, 0) is 48.3 Å². The van der Waals surface area contributed by atoms with Gasteiger partial charge >= 0.3 is 0 Å². The largest absolute Gasteiger partial charge is 0.392 e. The normalized spacial score (nSPS) is 13.7. The van der Waals surface area contributed by atoms with Crippen molar-refractivity contribution < 1.29 is 34.2 Å². The van der Waals surface area contributed by atoms with Crippen molar-refractivity contribution in [3.8, 4) is 0 Å². The third-order valence-electron chi connectivity index (χ3n) is 8.13. The monoisotopic (exact) mass is 689 g/mol. The van der Waals surface area contributed by atoms with E-state index >= 15 is 0 Å². The molecule has 3 rings (SSSR count). The summed E-state index contributed by atoms with van der Waals surface area (Å²) in [6.07, 6.45) is 4.47. The standard InChI is InChI=1S/C38H52N6O6/c1-6-10-32(42-37(49)33(22-38(3,4)5)43-35(47)30-17-19-44(50)20-18-30)36(48)41-31(21-27-11-8-7-9-12-27)24-39-26(2)34(46)40-23-28-13-15-29(25-45)16-14-28/h7-9,11-20,26,31-33,39,45H,6,10,21-25H2,1-5H3,(H4-,40,41,42,43,46,47,48,49,50)/p+1/t26-,31?,32-,33?/m0/s1. The Morgan fingerprint density at radius 2 is 1.40 bits per heavy atom. The Bertz CT molecular complexity index is 1530. The Balaban J connectivity index is 1.68. The third-order valence-corrected chi connectivity index (χ3v) is 8.13. The second kappa shape index (κ2) is 19.4. The first-order valence-electron chi connectivity index (χ1n) is 17.1. The van der Waals surface area contributed by atoms with Gasteiger partial charge in [0.2, 0.25) is 30.1 Å². The molecule has 1 aromatic heterocycles. The molecule has 2 aromatic carbocycles. The summed E-state index contributed by atoms with van der Waals surface area (Å²) < 4.78 is 0.821. The van der Waals surface area contributed by atoms with Gasteiger partial charge in [0.1, 0.15) is 12.1 Å². The zero-order chi connectivity index (χ0) is 36.7. The van der Waals surface area contributed by atoms with Crippen LogP contribution in [0.25, 0.3) is 0 Å². The molecule has 0 aliphatic rings. The minimum atomic E-state index is -0.912. The quantitative estimate of drug-likeness (QED) is 0.0795. The van der Waals surface area contributed by atoms with Crippen LogP contribution >= 0.6 is 0 Å². The summed E-state index contributed by atoms with van der Waals surface area (Å²) in [6.45, 7) is 10.2.